The van der Waals surface area contributed by atoms with Crippen molar-refractivity contribution in [3.8, 4) is 0 Å². The molecule has 3 heterocycles. The lowest BCUT2D eigenvalue weighted by Crippen LogP contribution is -2.51. The summed E-state index contributed by atoms with van der Waals surface area (Å²) in [5.41, 5.74) is 0.158. The summed E-state index contributed by atoms with van der Waals surface area (Å²) in [7, 11) is 2.10. The highest BCUT2D eigenvalue weighted by Gasteiger charge is 2.45. The third kappa shape index (κ3) is 5.14. The van der Waals surface area contributed by atoms with Gasteiger partial charge in [0.15, 0.2) is 0 Å². The van der Waals surface area contributed by atoms with Gasteiger partial charge >= 0.3 is 0 Å². The van der Waals surface area contributed by atoms with Gasteiger partial charge in [-0.2, -0.15) is 0 Å². The monoisotopic (exact) mass is 390 g/mol. The number of likely N-dealkylation sites (tertiary alicyclic amines) is 1. The van der Waals surface area contributed by atoms with Crippen LogP contribution in [0.1, 0.15) is 45.8 Å². The predicted octanol–water partition coefficient (Wildman–Crippen LogP) is 1.60. The van der Waals surface area contributed by atoms with E-state index in [1.165, 1.54) is 0 Å². The first kappa shape index (κ1) is 20.9. The maximum atomic E-state index is 12.8. The van der Waals surface area contributed by atoms with Gasteiger partial charge in [0, 0.05) is 38.1 Å². The number of hydrogen-bond acceptors (Lipinski definition) is 5. The topological polar surface area (TPSA) is 77.8 Å². The van der Waals surface area contributed by atoms with Gasteiger partial charge in [-0.3, -0.25) is 19.4 Å². The van der Waals surface area contributed by atoms with E-state index in [1.807, 2.05) is 12.1 Å². The Bertz CT molecular complexity index is 668. The third-order valence-electron chi connectivity index (χ3n) is 5.77. The van der Waals surface area contributed by atoms with E-state index in [2.05, 4.69) is 48.3 Å². The van der Waals surface area contributed by atoms with Gasteiger partial charge in [0.25, 0.3) is 0 Å². The van der Waals surface area contributed by atoms with Crippen LogP contribution in [0.5, 0.6) is 0 Å². The van der Waals surface area contributed by atoms with Crippen molar-refractivity contribution in [1.29, 1.82) is 0 Å². The summed E-state index contributed by atoms with van der Waals surface area (Å²) in [4.78, 5) is 29.6. The van der Waals surface area contributed by atoms with Crippen LogP contribution >= 0.6 is 0 Å². The zero-order valence-corrected chi connectivity index (χ0v) is 17.5. The molecule has 0 aromatic carbocycles. The van der Waals surface area contributed by atoms with E-state index in [9.17, 15) is 9.59 Å². The Morgan fingerprint density at radius 2 is 2.18 bits per heavy atom. The average Bonchev–Trinajstić information content (AvgIpc) is 3.25. The molecule has 1 aromatic rings. The van der Waals surface area contributed by atoms with Crippen LogP contribution in [0.25, 0.3) is 0 Å². The van der Waals surface area contributed by atoms with Gasteiger partial charge in [-0.15, -0.1) is 0 Å². The summed E-state index contributed by atoms with van der Waals surface area (Å²) in [6.45, 7) is 9.50. The van der Waals surface area contributed by atoms with E-state index in [1.54, 1.807) is 6.26 Å². The molecule has 2 amide bonds. The zero-order valence-electron chi connectivity index (χ0n) is 17.5. The standard InChI is InChI=1S/C21H34N4O3/c1-21(2,3)14-25-10-9-17-19(25)20(27)23-12-15(24(17)4)7-8-18(26)22-13-16-6-5-11-28-16/h5-6,11,15,17,19H,7-10,12-14H2,1-4H3,(H,22,26)(H,23,27)/t15-,17-,19-/m0/s1. The molecule has 3 rings (SSSR count). The fourth-order valence-corrected chi connectivity index (χ4v) is 4.42. The third-order valence-corrected chi connectivity index (χ3v) is 5.77. The first-order valence-electron chi connectivity index (χ1n) is 10.3. The molecule has 2 N–H and O–H groups in total. The van der Waals surface area contributed by atoms with E-state index in [0.717, 1.165) is 31.7 Å². The number of carbonyl (C=O) groups is 2. The highest BCUT2D eigenvalue weighted by molar-refractivity contribution is 5.83. The van der Waals surface area contributed by atoms with Gasteiger partial charge in [-0.1, -0.05) is 20.8 Å². The molecule has 0 saturated carbocycles. The second-order valence-electron chi connectivity index (χ2n) is 9.29. The Kier molecular flexibility index (Phi) is 6.45. The largest absolute Gasteiger partial charge is 0.467 e. The van der Waals surface area contributed by atoms with Crippen LogP contribution in [0.4, 0.5) is 0 Å². The lowest BCUT2D eigenvalue weighted by atomic mass is 9.95. The second kappa shape index (κ2) is 8.66. The molecule has 1 aromatic heterocycles. The molecule has 3 atom stereocenters. The van der Waals surface area contributed by atoms with E-state index in [-0.39, 0.29) is 35.4 Å². The highest BCUT2D eigenvalue weighted by atomic mass is 16.3. The van der Waals surface area contributed by atoms with Crippen LogP contribution in [-0.4, -0.2) is 66.4 Å². The molecule has 2 aliphatic heterocycles. The fraction of sp³-hybridized carbons (Fsp3) is 0.714. The Morgan fingerprint density at radius 3 is 2.86 bits per heavy atom. The Hall–Kier alpha value is -1.86. The van der Waals surface area contributed by atoms with Crippen LogP contribution in [0.15, 0.2) is 22.8 Å². The number of fused-ring (bicyclic) bond motifs is 1. The molecule has 2 saturated heterocycles. The summed E-state index contributed by atoms with van der Waals surface area (Å²) in [5.74, 6) is 0.890. The molecule has 7 nitrogen and oxygen atoms in total. The van der Waals surface area contributed by atoms with E-state index in [4.69, 9.17) is 4.42 Å². The average molecular weight is 391 g/mol. The van der Waals surface area contributed by atoms with Crippen molar-refractivity contribution in [2.45, 2.75) is 64.7 Å². The molecular weight excluding hydrogens is 356 g/mol. The number of furan rings is 1. The number of carbonyl (C=O) groups excluding carboxylic acids is 2. The number of hydrogen-bond donors (Lipinski definition) is 2. The smallest absolute Gasteiger partial charge is 0.239 e. The zero-order chi connectivity index (χ0) is 20.3. The van der Waals surface area contributed by atoms with E-state index < -0.39 is 0 Å². The molecule has 7 heteroatoms. The van der Waals surface area contributed by atoms with Gasteiger partial charge in [-0.25, -0.2) is 0 Å². The van der Waals surface area contributed by atoms with E-state index >= 15 is 0 Å². The first-order valence-corrected chi connectivity index (χ1v) is 10.3. The van der Waals surface area contributed by atoms with Crippen LogP contribution in [0.3, 0.4) is 0 Å². The van der Waals surface area contributed by atoms with Crippen molar-refractivity contribution in [1.82, 2.24) is 20.4 Å². The number of amides is 2. The maximum absolute atomic E-state index is 12.8. The highest BCUT2D eigenvalue weighted by Crippen LogP contribution is 2.30. The molecule has 0 aliphatic carbocycles. The molecule has 2 aliphatic rings. The number of rotatable bonds is 6. The minimum absolute atomic E-state index is 0.0118. The predicted molar refractivity (Wildman–Crippen MR) is 108 cm³/mol. The lowest BCUT2D eigenvalue weighted by molar-refractivity contribution is -0.126. The molecule has 0 radical (unpaired) electrons. The molecule has 0 unspecified atom stereocenters. The number of nitrogens with zero attached hydrogens (tertiary/aromatic N) is 2. The summed E-state index contributed by atoms with van der Waals surface area (Å²) in [6.07, 6.45) is 3.76. The summed E-state index contributed by atoms with van der Waals surface area (Å²) in [6, 6.07) is 3.94. The first-order chi connectivity index (χ1) is 13.2. The van der Waals surface area contributed by atoms with Gasteiger partial charge < -0.3 is 15.1 Å². The normalized spacial score (nSPS) is 26.6. The second-order valence-corrected chi connectivity index (χ2v) is 9.29. The summed E-state index contributed by atoms with van der Waals surface area (Å²) >= 11 is 0. The molecule has 2 fully saturated rings. The number of likely N-dealkylation sites (N-methyl/N-ethyl adjacent to an activating group) is 1. The van der Waals surface area contributed by atoms with Crippen molar-refractivity contribution in [2.75, 3.05) is 26.7 Å². The summed E-state index contributed by atoms with van der Waals surface area (Å²) in [5, 5.41) is 6.02. The van der Waals surface area contributed by atoms with Gasteiger partial charge in [0.1, 0.15) is 11.8 Å². The minimum atomic E-state index is -0.0954. The Balaban J connectivity index is 1.54. The van der Waals surface area contributed by atoms with Crippen molar-refractivity contribution < 1.29 is 14.0 Å². The van der Waals surface area contributed by atoms with Crippen LogP contribution < -0.4 is 10.6 Å². The SMILES string of the molecule is CN1[C@@H](CCC(=O)NCc2ccco2)CNC(=O)[C@@H]2[C@@H]1CCN2CC(C)(C)C. The number of nitrogens with one attached hydrogen (secondary N) is 2. The molecule has 0 bridgehead atoms. The Morgan fingerprint density at radius 1 is 1.39 bits per heavy atom. The maximum Gasteiger partial charge on any atom is 0.239 e. The van der Waals surface area contributed by atoms with Gasteiger partial charge in [0.05, 0.1) is 12.8 Å². The van der Waals surface area contributed by atoms with Crippen molar-refractivity contribution in [2.24, 2.45) is 5.41 Å². The van der Waals surface area contributed by atoms with Gasteiger partial charge in [0.2, 0.25) is 11.8 Å². The summed E-state index contributed by atoms with van der Waals surface area (Å²) < 4.78 is 5.24. The van der Waals surface area contributed by atoms with Gasteiger partial charge in [-0.05, 0) is 37.4 Å². The minimum Gasteiger partial charge on any atom is -0.467 e. The van der Waals surface area contributed by atoms with Crippen molar-refractivity contribution in [3.05, 3.63) is 24.2 Å². The Labute approximate surface area is 167 Å². The van der Waals surface area contributed by atoms with Crippen molar-refractivity contribution >= 4 is 11.8 Å². The van der Waals surface area contributed by atoms with E-state index in [0.29, 0.717) is 19.5 Å². The van der Waals surface area contributed by atoms with Crippen LogP contribution in [0.2, 0.25) is 0 Å². The molecule has 156 valence electrons. The quantitative estimate of drug-likeness (QED) is 0.771. The molecule has 28 heavy (non-hydrogen) atoms. The van der Waals surface area contributed by atoms with Crippen molar-refractivity contribution in [3.63, 3.8) is 0 Å². The van der Waals surface area contributed by atoms with Crippen LogP contribution in [-0.2, 0) is 16.1 Å². The molecule has 0 spiro atoms. The lowest BCUT2D eigenvalue weighted by Gasteiger charge is -2.34. The fourth-order valence-electron chi connectivity index (χ4n) is 4.42. The van der Waals surface area contributed by atoms with Crippen LogP contribution in [0, 0.1) is 5.41 Å². The molecular formula is C21H34N4O3.